The number of urea groups is 1. The fraction of sp³-hybridized carbons (Fsp3) is 0.211. The zero-order chi connectivity index (χ0) is 21.3. The van der Waals surface area contributed by atoms with E-state index in [0.29, 0.717) is 27.3 Å². The number of aromatic nitrogens is 3. The molecule has 11 heteroatoms. The van der Waals surface area contributed by atoms with Gasteiger partial charge in [-0.2, -0.15) is 5.01 Å². The molecule has 2 aromatic heterocycles. The van der Waals surface area contributed by atoms with Gasteiger partial charge in [0, 0.05) is 7.05 Å². The molecule has 30 heavy (non-hydrogen) atoms. The molecule has 1 atom stereocenters. The Labute approximate surface area is 175 Å². The van der Waals surface area contributed by atoms with E-state index in [1.807, 2.05) is 6.07 Å². The molecular weight excluding hydrogens is 408 g/mol. The van der Waals surface area contributed by atoms with Crippen LogP contribution in [0.2, 0.25) is 0 Å². The number of carbonyl (C=O) groups excluding carboxylic acids is 3. The number of thioether (sulfide) groups is 1. The lowest BCUT2D eigenvalue weighted by Gasteiger charge is -2.22. The summed E-state index contributed by atoms with van der Waals surface area (Å²) in [6, 6.07) is 11.6. The van der Waals surface area contributed by atoms with Crippen LogP contribution in [0.3, 0.4) is 0 Å². The van der Waals surface area contributed by atoms with Crippen LogP contribution in [-0.2, 0) is 22.2 Å². The smallest absolute Gasteiger partial charge is 0.344 e. The summed E-state index contributed by atoms with van der Waals surface area (Å²) < 4.78 is 7.00. The Balaban J connectivity index is 1.40. The van der Waals surface area contributed by atoms with Crippen LogP contribution in [0.1, 0.15) is 12.5 Å². The van der Waals surface area contributed by atoms with Gasteiger partial charge in [-0.25, -0.2) is 4.79 Å². The van der Waals surface area contributed by atoms with Crippen molar-refractivity contribution in [3.63, 3.8) is 0 Å². The lowest BCUT2D eigenvalue weighted by Crippen LogP contribution is -2.48. The lowest BCUT2D eigenvalue weighted by molar-refractivity contribution is -0.138. The van der Waals surface area contributed by atoms with Crippen molar-refractivity contribution < 1.29 is 18.8 Å². The van der Waals surface area contributed by atoms with Gasteiger partial charge < -0.3 is 14.3 Å². The van der Waals surface area contributed by atoms with E-state index in [1.54, 1.807) is 54.9 Å². The third-order valence-electron chi connectivity index (χ3n) is 4.69. The van der Waals surface area contributed by atoms with Crippen molar-refractivity contribution in [3.8, 4) is 11.6 Å². The number of hydrogen-bond acceptors (Lipinski definition) is 7. The van der Waals surface area contributed by atoms with Crippen LogP contribution >= 0.6 is 11.8 Å². The first-order valence-corrected chi connectivity index (χ1v) is 9.96. The summed E-state index contributed by atoms with van der Waals surface area (Å²) >= 11 is 1.12. The van der Waals surface area contributed by atoms with Gasteiger partial charge in [0.1, 0.15) is 5.54 Å². The average molecular weight is 426 g/mol. The van der Waals surface area contributed by atoms with Gasteiger partial charge in [0.2, 0.25) is 5.91 Å². The van der Waals surface area contributed by atoms with Gasteiger partial charge in [-0.05, 0) is 24.6 Å². The quantitative estimate of drug-likeness (QED) is 0.454. The molecule has 1 saturated heterocycles. The van der Waals surface area contributed by atoms with Gasteiger partial charge in [0.15, 0.2) is 16.7 Å². The summed E-state index contributed by atoms with van der Waals surface area (Å²) in [4.78, 5) is 37.5. The van der Waals surface area contributed by atoms with Crippen molar-refractivity contribution in [3.05, 3.63) is 54.3 Å². The van der Waals surface area contributed by atoms with Crippen LogP contribution in [0.4, 0.5) is 4.79 Å². The highest BCUT2D eigenvalue weighted by Gasteiger charge is 2.49. The molecule has 1 fully saturated rings. The number of imide groups is 1. The molecule has 3 aromatic rings. The van der Waals surface area contributed by atoms with E-state index in [9.17, 15) is 14.4 Å². The number of nitrogens with zero attached hydrogens (tertiary/aromatic N) is 4. The Kier molecular flexibility index (Phi) is 5.04. The molecule has 0 spiro atoms. The summed E-state index contributed by atoms with van der Waals surface area (Å²) in [6.45, 7) is 1.60. The molecular formula is C19H18N6O4S. The Hall–Kier alpha value is -3.60. The van der Waals surface area contributed by atoms with Gasteiger partial charge in [0.05, 0.1) is 12.0 Å². The number of amides is 4. The maximum Gasteiger partial charge on any atom is 0.344 e. The Morgan fingerprint density at radius 3 is 2.67 bits per heavy atom. The van der Waals surface area contributed by atoms with Crippen molar-refractivity contribution in [1.82, 2.24) is 30.5 Å². The van der Waals surface area contributed by atoms with Crippen LogP contribution in [0.15, 0.2) is 58.3 Å². The zero-order valence-electron chi connectivity index (χ0n) is 16.2. The molecule has 0 radical (unpaired) electrons. The second-order valence-electron chi connectivity index (χ2n) is 6.73. The molecule has 0 bridgehead atoms. The highest BCUT2D eigenvalue weighted by molar-refractivity contribution is 7.99. The molecule has 0 aliphatic carbocycles. The highest BCUT2D eigenvalue weighted by atomic mass is 32.2. The molecule has 4 amide bonds. The third kappa shape index (κ3) is 3.43. The summed E-state index contributed by atoms with van der Waals surface area (Å²) in [5, 5.41) is 11.9. The minimum atomic E-state index is -1.25. The number of rotatable bonds is 6. The Morgan fingerprint density at radius 2 is 1.97 bits per heavy atom. The molecule has 10 nitrogen and oxygen atoms in total. The van der Waals surface area contributed by atoms with Crippen molar-refractivity contribution in [2.45, 2.75) is 17.6 Å². The van der Waals surface area contributed by atoms with Crippen LogP contribution in [0.25, 0.3) is 11.6 Å². The Morgan fingerprint density at radius 1 is 1.20 bits per heavy atom. The normalized spacial score (nSPS) is 18.5. The average Bonchev–Trinajstić information content (AvgIpc) is 3.44. The third-order valence-corrected chi connectivity index (χ3v) is 5.71. The standard InChI is InChI=1S/C19H18N6O4S/c1-19(12-7-4-3-5-8-12)16(27)25(17(28)20-19)23-14(26)11-30-18-22-21-15(24(18)2)13-9-6-10-29-13/h3-10H,11H2,1-2H3,(H,20,28)(H,23,26)/t19-/m0/s1. The predicted molar refractivity (Wildman–Crippen MR) is 107 cm³/mol. The van der Waals surface area contributed by atoms with E-state index in [0.717, 1.165) is 11.8 Å². The molecule has 1 aliphatic heterocycles. The number of hydrazine groups is 1. The number of carbonyl (C=O) groups is 3. The molecule has 0 unspecified atom stereocenters. The summed E-state index contributed by atoms with van der Waals surface area (Å²) in [5.74, 6) is -0.0703. The van der Waals surface area contributed by atoms with Gasteiger partial charge in [-0.15, -0.1) is 10.2 Å². The topological polar surface area (TPSA) is 122 Å². The van der Waals surface area contributed by atoms with Gasteiger partial charge >= 0.3 is 6.03 Å². The highest BCUT2D eigenvalue weighted by Crippen LogP contribution is 2.28. The first-order chi connectivity index (χ1) is 14.4. The first kappa shape index (κ1) is 19.7. The fourth-order valence-electron chi connectivity index (χ4n) is 3.06. The van der Waals surface area contributed by atoms with Crippen molar-refractivity contribution in [1.29, 1.82) is 0 Å². The van der Waals surface area contributed by atoms with E-state index < -0.39 is 23.4 Å². The largest absolute Gasteiger partial charge is 0.461 e. The SMILES string of the molecule is Cn1c(SCC(=O)NN2C(=O)N[C@@](C)(c3ccccc3)C2=O)nnc1-c1ccco1. The van der Waals surface area contributed by atoms with Crippen molar-refractivity contribution in [2.75, 3.05) is 5.75 Å². The number of furan rings is 1. The van der Waals surface area contributed by atoms with Crippen LogP contribution in [0.5, 0.6) is 0 Å². The van der Waals surface area contributed by atoms with E-state index in [4.69, 9.17) is 4.42 Å². The molecule has 0 saturated carbocycles. The van der Waals surface area contributed by atoms with E-state index in [2.05, 4.69) is 20.9 Å². The maximum atomic E-state index is 12.8. The van der Waals surface area contributed by atoms with Gasteiger partial charge in [-0.3, -0.25) is 15.0 Å². The molecule has 2 N–H and O–H groups in total. The van der Waals surface area contributed by atoms with Crippen molar-refractivity contribution in [2.24, 2.45) is 7.05 Å². The number of nitrogens with one attached hydrogen (secondary N) is 2. The summed E-state index contributed by atoms with van der Waals surface area (Å²) in [5.41, 5.74) is 1.74. The second-order valence-corrected chi connectivity index (χ2v) is 7.67. The monoisotopic (exact) mass is 426 g/mol. The molecule has 4 rings (SSSR count). The zero-order valence-corrected chi connectivity index (χ0v) is 17.0. The van der Waals surface area contributed by atoms with Crippen LogP contribution in [-0.4, -0.2) is 43.4 Å². The fourth-order valence-corrected chi connectivity index (χ4v) is 3.76. The summed E-state index contributed by atoms with van der Waals surface area (Å²) in [6.07, 6.45) is 1.53. The predicted octanol–water partition coefficient (Wildman–Crippen LogP) is 1.67. The molecule has 1 aromatic carbocycles. The van der Waals surface area contributed by atoms with E-state index >= 15 is 0 Å². The first-order valence-electron chi connectivity index (χ1n) is 8.98. The minimum absolute atomic E-state index is 0.0662. The summed E-state index contributed by atoms with van der Waals surface area (Å²) in [7, 11) is 1.75. The lowest BCUT2D eigenvalue weighted by atomic mass is 9.92. The van der Waals surface area contributed by atoms with E-state index in [1.165, 1.54) is 6.26 Å². The van der Waals surface area contributed by atoms with E-state index in [-0.39, 0.29) is 5.75 Å². The van der Waals surface area contributed by atoms with Crippen LogP contribution < -0.4 is 10.7 Å². The van der Waals surface area contributed by atoms with Crippen LogP contribution in [0, 0.1) is 0 Å². The van der Waals surface area contributed by atoms with Crippen molar-refractivity contribution >= 4 is 29.6 Å². The molecule has 3 heterocycles. The van der Waals surface area contributed by atoms with Gasteiger partial charge in [0.25, 0.3) is 5.91 Å². The Bertz CT molecular complexity index is 1100. The second kappa shape index (κ2) is 7.67. The van der Waals surface area contributed by atoms with Gasteiger partial charge in [-0.1, -0.05) is 42.1 Å². The number of hydrogen-bond donors (Lipinski definition) is 2. The number of benzene rings is 1. The molecule has 1 aliphatic rings. The minimum Gasteiger partial charge on any atom is -0.461 e. The molecule has 154 valence electrons. The maximum absolute atomic E-state index is 12.8.